The zero-order valence-corrected chi connectivity index (χ0v) is 28.8. The fraction of sp³-hybridized carbons (Fsp3) is 0.324. The van der Waals surface area contributed by atoms with Crippen LogP contribution in [0.5, 0.6) is 11.5 Å². The molecule has 8 rings (SSSR count). The molecule has 0 unspecified atom stereocenters. The van der Waals surface area contributed by atoms with E-state index in [2.05, 4.69) is 10.3 Å². The predicted octanol–water partition coefficient (Wildman–Crippen LogP) is 5.32. The van der Waals surface area contributed by atoms with Crippen molar-refractivity contribution >= 4 is 58.2 Å². The van der Waals surface area contributed by atoms with Crippen LogP contribution in [0.15, 0.2) is 82.6 Å². The molecule has 50 heavy (non-hydrogen) atoms. The van der Waals surface area contributed by atoms with E-state index in [1.807, 2.05) is 24.3 Å². The first kappa shape index (κ1) is 32.3. The Morgan fingerprint density at radius 3 is 2.38 bits per heavy atom. The second-order valence-electron chi connectivity index (χ2n) is 12.8. The van der Waals surface area contributed by atoms with Crippen LogP contribution in [-0.2, 0) is 19.1 Å². The van der Waals surface area contributed by atoms with Crippen LogP contribution >= 0.6 is 23.1 Å². The zero-order valence-electron chi connectivity index (χ0n) is 27.1. The number of aromatic nitrogens is 1. The largest absolute Gasteiger partial charge is 0.497 e. The topological polar surface area (TPSA) is 144 Å². The molecule has 2 N–H and O–H groups in total. The lowest BCUT2D eigenvalue weighted by Crippen LogP contribution is -2.42. The fourth-order valence-electron chi connectivity index (χ4n) is 8.46. The number of nitrogens with zero attached hydrogens (tertiary/aromatic N) is 1. The summed E-state index contributed by atoms with van der Waals surface area (Å²) in [5.74, 6) is -1.30. The van der Waals surface area contributed by atoms with Crippen LogP contribution in [0.2, 0.25) is 0 Å². The highest BCUT2D eigenvalue weighted by Gasteiger charge is 2.69. The number of aromatic amines is 1. The van der Waals surface area contributed by atoms with Crippen LogP contribution in [0.4, 0.5) is 11.4 Å². The highest BCUT2D eigenvalue weighted by Crippen LogP contribution is 2.69. The van der Waals surface area contributed by atoms with E-state index in [-0.39, 0.29) is 64.7 Å². The minimum absolute atomic E-state index is 0.00509. The van der Waals surface area contributed by atoms with E-state index in [1.54, 1.807) is 74.3 Å². The molecule has 3 fully saturated rings. The second-order valence-corrected chi connectivity index (χ2v) is 15.0. The van der Waals surface area contributed by atoms with Gasteiger partial charge in [-0.05, 0) is 85.7 Å². The molecule has 4 aromatic rings. The van der Waals surface area contributed by atoms with Gasteiger partial charge in [0, 0.05) is 27.3 Å². The Bertz CT molecular complexity index is 2060. The van der Waals surface area contributed by atoms with Gasteiger partial charge in [0.25, 0.3) is 5.91 Å². The van der Waals surface area contributed by atoms with Crippen LogP contribution in [-0.4, -0.2) is 54.2 Å². The molecule has 3 aromatic carbocycles. The van der Waals surface area contributed by atoms with Crippen molar-refractivity contribution in [2.75, 3.05) is 30.5 Å². The van der Waals surface area contributed by atoms with Crippen molar-refractivity contribution in [2.45, 2.75) is 29.5 Å². The molecule has 1 aromatic heterocycles. The first-order valence-electron chi connectivity index (χ1n) is 16.5. The van der Waals surface area contributed by atoms with Crippen molar-refractivity contribution in [2.24, 2.45) is 29.6 Å². The van der Waals surface area contributed by atoms with Crippen LogP contribution in [0.3, 0.4) is 0 Å². The number of rotatable bonds is 9. The van der Waals surface area contributed by atoms with Crippen molar-refractivity contribution in [3.8, 4) is 11.5 Å². The highest BCUT2D eigenvalue weighted by atomic mass is 32.2. The third-order valence-electron chi connectivity index (χ3n) is 10.3. The number of nitrogens with one attached hydrogen (secondary N) is 2. The van der Waals surface area contributed by atoms with Gasteiger partial charge in [0.1, 0.15) is 11.5 Å². The molecule has 11 nitrogen and oxygen atoms in total. The van der Waals surface area contributed by atoms with Crippen LogP contribution in [0.25, 0.3) is 0 Å². The Morgan fingerprint density at radius 1 is 0.940 bits per heavy atom. The summed E-state index contributed by atoms with van der Waals surface area (Å²) in [6.07, 6.45) is 0.752. The van der Waals surface area contributed by atoms with Crippen molar-refractivity contribution in [1.82, 2.24) is 4.98 Å². The molecule has 3 amide bonds. The average Bonchev–Trinajstić information content (AvgIpc) is 3.86. The summed E-state index contributed by atoms with van der Waals surface area (Å²) in [6, 6.07) is 20.9. The molecule has 2 saturated carbocycles. The monoisotopic (exact) mass is 711 g/mol. The Balaban J connectivity index is 1.06. The lowest BCUT2D eigenvalue weighted by molar-refractivity contribution is -0.123. The Hall–Kier alpha value is -4.88. The number of fused-ring (bicyclic) bond motifs is 9. The Kier molecular flexibility index (Phi) is 8.26. The maximum absolute atomic E-state index is 14.1. The lowest BCUT2D eigenvalue weighted by atomic mass is 9.68. The van der Waals surface area contributed by atoms with Gasteiger partial charge in [-0.25, -0.2) is 4.79 Å². The molecule has 7 atom stereocenters. The van der Waals surface area contributed by atoms with Gasteiger partial charge in [-0.15, -0.1) is 11.8 Å². The average molecular weight is 712 g/mol. The van der Waals surface area contributed by atoms with Crippen LogP contribution in [0, 0.1) is 29.6 Å². The number of ether oxygens (including phenoxy) is 3. The van der Waals surface area contributed by atoms with E-state index in [9.17, 15) is 24.0 Å². The smallest absolute Gasteiger partial charge is 0.338 e. The fourth-order valence-corrected chi connectivity index (χ4v) is 11.3. The first-order chi connectivity index (χ1) is 24.3. The summed E-state index contributed by atoms with van der Waals surface area (Å²) in [5.41, 5.74) is 2.26. The number of H-pyrrole nitrogens is 1. The van der Waals surface area contributed by atoms with E-state index in [4.69, 9.17) is 14.2 Å². The van der Waals surface area contributed by atoms with Crippen molar-refractivity contribution in [1.29, 1.82) is 0 Å². The molecule has 2 bridgehead atoms. The number of amides is 3. The van der Waals surface area contributed by atoms with Crippen molar-refractivity contribution in [3.63, 3.8) is 0 Å². The standard InChI is InChI=1S/C37H33N3O8S2/c1-3-47-36(44)18-8-10-19(11-9-18)38-26(41)17-48-25-7-5-4-6-22(25)27-28-23-16-24(31(28)49-33-32(27)50-37(45)39-33)30-29(23)34(42)40(35(30)43)20-12-14-21(46-2)15-13-20/h4-15,23-24,27-31H,3,16-17H2,1-2H3,(H,38,41)(H,39,45)/t23-,24-,27+,28-,29+,30+,31-/m1/s1. The molecule has 0 spiro atoms. The van der Waals surface area contributed by atoms with Crippen LogP contribution in [0.1, 0.15) is 40.1 Å². The van der Waals surface area contributed by atoms with Gasteiger partial charge in [0.05, 0.1) is 41.8 Å². The molecule has 0 radical (unpaired) electrons. The third kappa shape index (κ3) is 5.30. The minimum atomic E-state index is -0.453. The number of esters is 1. The summed E-state index contributed by atoms with van der Waals surface area (Å²) >= 11 is 2.78. The number of thiazole rings is 1. The number of anilines is 2. The van der Waals surface area contributed by atoms with E-state index in [0.717, 1.165) is 33.2 Å². The van der Waals surface area contributed by atoms with Gasteiger partial charge in [-0.3, -0.25) is 24.1 Å². The molecule has 2 aliphatic carbocycles. The van der Waals surface area contributed by atoms with Crippen molar-refractivity contribution in [3.05, 3.63) is 98.5 Å². The van der Waals surface area contributed by atoms with Crippen molar-refractivity contribution < 1.29 is 33.4 Å². The number of carbonyl (C=O) groups excluding carboxylic acids is 4. The number of carbonyl (C=O) groups is 4. The van der Waals surface area contributed by atoms with Gasteiger partial charge in [0.15, 0.2) is 6.61 Å². The highest BCUT2D eigenvalue weighted by molar-refractivity contribution is 8.00. The number of thioether (sulfide) groups is 1. The molecule has 3 heterocycles. The van der Waals surface area contributed by atoms with Gasteiger partial charge >= 0.3 is 10.8 Å². The lowest BCUT2D eigenvalue weighted by Gasteiger charge is -2.43. The Morgan fingerprint density at radius 2 is 1.66 bits per heavy atom. The summed E-state index contributed by atoms with van der Waals surface area (Å²) in [7, 11) is 1.57. The predicted molar refractivity (Wildman–Crippen MR) is 187 cm³/mol. The number of imide groups is 1. The Labute approximate surface area is 295 Å². The van der Waals surface area contributed by atoms with E-state index >= 15 is 0 Å². The molecule has 1 saturated heterocycles. The van der Waals surface area contributed by atoms with Gasteiger partial charge in [0.2, 0.25) is 11.8 Å². The first-order valence-corrected chi connectivity index (χ1v) is 18.2. The quantitative estimate of drug-likeness (QED) is 0.174. The molecule has 256 valence electrons. The molecular weight excluding hydrogens is 679 g/mol. The number of methoxy groups -OCH3 is 1. The SMILES string of the molecule is CCOC(=O)c1ccc(NC(=O)COc2ccccc2[C@@H]2c3sc(=O)[nH]c3S[C@@H]3[C@@H]4C[C@@H]([C@@H]5C(=O)N(c6ccc(OC)cc6)C(=O)[C@@H]45)[C@H]23)cc1. The number of para-hydroxylation sites is 1. The van der Waals surface area contributed by atoms with Crippen LogP contribution < -0.4 is 24.6 Å². The van der Waals surface area contributed by atoms with Gasteiger partial charge in [-0.1, -0.05) is 29.5 Å². The number of hydrogen-bond acceptors (Lipinski definition) is 10. The zero-order chi connectivity index (χ0) is 34.7. The van der Waals surface area contributed by atoms with E-state index in [0.29, 0.717) is 28.4 Å². The summed E-state index contributed by atoms with van der Waals surface area (Å²) in [5, 5.41) is 3.60. The van der Waals surface area contributed by atoms with E-state index < -0.39 is 17.8 Å². The van der Waals surface area contributed by atoms with E-state index in [1.165, 1.54) is 4.90 Å². The van der Waals surface area contributed by atoms with Gasteiger partial charge in [-0.2, -0.15) is 0 Å². The normalized spacial score (nSPS) is 25.9. The summed E-state index contributed by atoms with van der Waals surface area (Å²) < 4.78 is 16.5. The molecule has 2 aliphatic heterocycles. The third-order valence-corrected chi connectivity index (χ3v) is 12.9. The maximum Gasteiger partial charge on any atom is 0.338 e. The molecular formula is C37H33N3O8S2. The second kappa shape index (κ2) is 12.8. The maximum atomic E-state index is 14.1. The minimum Gasteiger partial charge on any atom is -0.497 e. The molecule has 4 aliphatic rings. The number of hydrogen-bond donors (Lipinski definition) is 2. The summed E-state index contributed by atoms with van der Waals surface area (Å²) in [6.45, 7) is 1.73. The number of benzene rings is 3. The van der Waals surface area contributed by atoms with Gasteiger partial charge < -0.3 is 24.5 Å². The molecule has 13 heteroatoms. The summed E-state index contributed by atoms with van der Waals surface area (Å²) in [4.78, 5) is 70.9.